The van der Waals surface area contributed by atoms with Crippen LogP contribution in [0.2, 0.25) is 0 Å². The first-order chi connectivity index (χ1) is 15.0. The number of hydrogen-bond donors (Lipinski definition) is 1. The van der Waals surface area contributed by atoms with Gasteiger partial charge in [0, 0.05) is 6.42 Å². The molecular weight excluding hydrogens is 465 g/mol. The monoisotopic (exact) mass is 481 g/mol. The Hall–Kier alpha value is -3.23. The summed E-state index contributed by atoms with van der Waals surface area (Å²) in [7, 11) is -3.72. The lowest BCUT2D eigenvalue weighted by molar-refractivity contribution is -0.140. The van der Waals surface area contributed by atoms with Gasteiger partial charge in [0.05, 0.1) is 18.9 Å². The summed E-state index contributed by atoms with van der Waals surface area (Å²) in [6.45, 7) is 0.436. The van der Waals surface area contributed by atoms with Gasteiger partial charge in [0.25, 0.3) is 22.4 Å². The van der Waals surface area contributed by atoms with Crippen LogP contribution in [0.3, 0.4) is 0 Å². The molecule has 0 aliphatic carbocycles. The second-order valence-electron chi connectivity index (χ2n) is 6.21. The number of sulfonamides is 1. The van der Waals surface area contributed by atoms with E-state index >= 15 is 0 Å². The zero-order chi connectivity index (χ0) is 23.7. The van der Waals surface area contributed by atoms with E-state index in [0.717, 1.165) is 12.1 Å². The molecule has 9 nitrogen and oxygen atoms in total. The Morgan fingerprint density at radius 1 is 1.22 bits per heavy atom. The molecule has 0 bridgehead atoms. The topological polar surface area (TPSA) is 108 Å². The normalized spacial score (nSPS) is 12.4. The standard InChI is InChI=1S/C17H16F5N5O4S/c1-3-13-23-7-11(30-2)15-24-16(25-27(13)15)26-32(28,29)14-9(17(20,21)22)5-4-6-10(14)31-8-12(18)19/h4-7,12H,3,8H2,1-2H3,(H,25,26). The van der Waals surface area contributed by atoms with Crippen molar-refractivity contribution in [1.82, 2.24) is 19.6 Å². The van der Waals surface area contributed by atoms with Crippen LogP contribution in [0.5, 0.6) is 11.5 Å². The minimum absolute atomic E-state index is 0.0651. The number of nitrogens with one attached hydrogen (secondary N) is 1. The van der Waals surface area contributed by atoms with E-state index in [4.69, 9.17) is 4.74 Å². The number of halogens is 5. The molecular formula is C17H16F5N5O4S. The number of rotatable bonds is 8. The maximum absolute atomic E-state index is 13.5. The Morgan fingerprint density at radius 3 is 2.53 bits per heavy atom. The first kappa shape index (κ1) is 23.4. The summed E-state index contributed by atoms with van der Waals surface area (Å²) in [5, 5.41) is 3.93. The summed E-state index contributed by atoms with van der Waals surface area (Å²) in [5.74, 6) is -0.972. The van der Waals surface area contributed by atoms with Gasteiger partial charge in [0.2, 0.25) is 5.65 Å². The number of hydrogen-bond acceptors (Lipinski definition) is 7. The fraction of sp³-hybridized carbons (Fsp3) is 0.353. The summed E-state index contributed by atoms with van der Waals surface area (Å²) in [4.78, 5) is 6.67. The molecule has 0 atom stereocenters. The van der Waals surface area contributed by atoms with Gasteiger partial charge in [-0.25, -0.2) is 26.9 Å². The van der Waals surface area contributed by atoms with Crippen molar-refractivity contribution in [2.75, 3.05) is 18.4 Å². The number of nitrogens with zero attached hydrogens (tertiary/aromatic N) is 4. The van der Waals surface area contributed by atoms with Crippen molar-refractivity contribution in [3.05, 3.63) is 35.8 Å². The molecule has 15 heteroatoms. The third-order valence-corrected chi connectivity index (χ3v) is 5.49. The van der Waals surface area contributed by atoms with E-state index in [1.807, 2.05) is 4.72 Å². The summed E-state index contributed by atoms with van der Waals surface area (Å²) < 4.78 is 104. The molecule has 0 radical (unpaired) electrons. The molecule has 1 aromatic carbocycles. The Kier molecular flexibility index (Phi) is 6.39. The molecule has 0 unspecified atom stereocenters. The lowest BCUT2D eigenvalue weighted by atomic mass is 10.2. The maximum Gasteiger partial charge on any atom is 0.417 e. The second kappa shape index (κ2) is 8.72. The van der Waals surface area contributed by atoms with E-state index in [1.165, 1.54) is 17.8 Å². The lowest BCUT2D eigenvalue weighted by Gasteiger charge is -2.17. The molecule has 0 spiro atoms. The van der Waals surface area contributed by atoms with Crippen LogP contribution in [0.4, 0.5) is 27.9 Å². The van der Waals surface area contributed by atoms with Crippen molar-refractivity contribution in [3.63, 3.8) is 0 Å². The third kappa shape index (κ3) is 4.66. The van der Waals surface area contributed by atoms with E-state index in [1.54, 1.807) is 6.92 Å². The molecule has 0 aliphatic rings. The van der Waals surface area contributed by atoms with Gasteiger partial charge in [-0.1, -0.05) is 13.0 Å². The fourth-order valence-electron chi connectivity index (χ4n) is 2.78. The molecule has 1 N–H and O–H groups in total. The number of anilines is 1. The smallest absolute Gasteiger partial charge is 0.417 e. The number of fused-ring (bicyclic) bond motifs is 1. The van der Waals surface area contributed by atoms with Crippen molar-refractivity contribution in [3.8, 4) is 11.5 Å². The molecule has 3 aromatic rings. The lowest BCUT2D eigenvalue weighted by Crippen LogP contribution is -2.21. The van der Waals surface area contributed by atoms with Crippen molar-refractivity contribution in [2.45, 2.75) is 30.8 Å². The molecule has 174 valence electrons. The molecule has 2 heterocycles. The van der Waals surface area contributed by atoms with Crippen LogP contribution in [0, 0.1) is 0 Å². The van der Waals surface area contributed by atoms with Gasteiger partial charge in [-0.3, -0.25) is 0 Å². The highest BCUT2D eigenvalue weighted by Gasteiger charge is 2.40. The summed E-state index contributed by atoms with van der Waals surface area (Å²) in [6.07, 6.45) is -6.46. The molecule has 3 rings (SSSR count). The zero-order valence-electron chi connectivity index (χ0n) is 16.5. The van der Waals surface area contributed by atoms with Gasteiger partial charge in [0.15, 0.2) is 5.75 Å². The molecule has 0 amide bonds. The number of ether oxygens (including phenoxy) is 2. The summed E-state index contributed by atoms with van der Waals surface area (Å²) >= 11 is 0. The highest BCUT2D eigenvalue weighted by atomic mass is 32.2. The number of aryl methyl sites for hydroxylation is 1. The molecule has 32 heavy (non-hydrogen) atoms. The van der Waals surface area contributed by atoms with Gasteiger partial charge in [-0.2, -0.15) is 22.7 Å². The summed E-state index contributed by atoms with van der Waals surface area (Å²) in [5.41, 5.74) is -1.54. The Bertz CT molecular complexity index is 1190. The Morgan fingerprint density at radius 2 is 1.94 bits per heavy atom. The van der Waals surface area contributed by atoms with Gasteiger partial charge in [-0.15, -0.1) is 5.10 Å². The van der Waals surface area contributed by atoms with Crippen molar-refractivity contribution in [2.24, 2.45) is 0 Å². The van der Waals surface area contributed by atoms with Crippen LogP contribution < -0.4 is 14.2 Å². The zero-order valence-corrected chi connectivity index (χ0v) is 17.3. The van der Waals surface area contributed by atoms with Gasteiger partial charge >= 0.3 is 6.18 Å². The number of benzene rings is 1. The highest BCUT2D eigenvalue weighted by molar-refractivity contribution is 7.92. The fourth-order valence-corrected chi connectivity index (χ4v) is 4.07. The molecule has 0 aliphatic heterocycles. The first-order valence-corrected chi connectivity index (χ1v) is 10.4. The van der Waals surface area contributed by atoms with Crippen molar-refractivity contribution in [1.29, 1.82) is 0 Å². The number of aromatic nitrogens is 4. The SMILES string of the molecule is CCc1ncc(OC)c2nc(NS(=O)(=O)c3c(OCC(F)F)cccc3C(F)(F)F)nn12. The van der Waals surface area contributed by atoms with Crippen LogP contribution >= 0.6 is 0 Å². The molecule has 2 aromatic heterocycles. The van der Waals surface area contributed by atoms with E-state index < -0.39 is 51.4 Å². The van der Waals surface area contributed by atoms with Crippen LogP contribution in [-0.4, -0.2) is 48.1 Å². The van der Waals surface area contributed by atoms with Gasteiger partial charge in [0.1, 0.15) is 23.1 Å². The quantitative estimate of drug-likeness (QED) is 0.493. The number of methoxy groups -OCH3 is 1. The first-order valence-electron chi connectivity index (χ1n) is 8.90. The van der Waals surface area contributed by atoms with Crippen molar-refractivity contribution < 1.29 is 39.8 Å². The largest absolute Gasteiger partial charge is 0.491 e. The van der Waals surface area contributed by atoms with Crippen LogP contribution in [0.25, 0.3) is 5.65 Å². The molecule has 0 saturated carbocycles. The maximum atomic E-state index is 13.5. The Balaban J connectivity index is 2.12. The third-order valence-electron chi connectivity index (χ3n) is 4.08. The minimum atomic E-state index is -5.12. The average Bonchev–Trinajstić information content (AvgIpc) is 3.13. The van der Waals surface area contributed by atoms with Crippen LogP contribution in [0.1, 0.15) is 18.3 Å². The van der Waals surface area contributed by atoms with E-state index in [-0.39, 0.29) is 11.4 Å². The predicted octanol–water partition coefficient (Wildman–Crippen LogP) is 3.16. The number of alkyl halides is 5. The molecule has 0 saturated heterocycles. The average molecular weight is 481 g/mol. The summed E-state index contributed by atoms with van der Waals surface area (Å²) in [6, 6.07) is 2.17. The van der Waals surface area contributed by atoms with E-state index in [0.29, 0.717) is 18.3 Å². The Labute approximate surface area is 178 Å². The predicted molar refractivity (Wildman–Crippen MR) is 100 cm³/mol. The second-order valence-corrected chi connectivity index (χ2v) is 7.82. The minimum Gasteiger partial charge on any atom is -0.491 e. The van der Waals surface area contributed by atoms with Gasteiger partial charge in [-0.05, 0) is 12.1 Å². The van der Waals surface area contributed by atoms with Crippen molar-refractivity contribution >= 4 is 21.6 Å². The van der Waals surface area contributed by atoms with Crippen LogP contribution in [0.15, 0.2) is 29.3 Å². The van der Waals surface area contributed by atoms with Crippen LogP contribution in [-0.2, 0) is 22.6 Å². The molecule has 0 fully saturated rings. The highest BCUT2D eigenvalue weighted by Crippen LogP contribution is 2.39. The van der Waals surface area contributed by atoms with Gasteiger partial charge < -0.3 is 9.47 Å². The van der Waals surface area contributed by atoms with E-state index in [2.05, 4.69) is 19.8 Å². The van der Waals surface area contributed by atoms with E-state index in [9.17, 15) is 30.4 Å².